The fourth-order valence-corrected chi connectivity index (χ4v) is 2.27. The number of fused-ring (bicyclic) bond motifs is 1. The van der Waals surface area contributed by atoms with E-state index in [9.17, 15) is 0 Å². The molecule has 0 radical (unpaired) electrons. The number of hydrazone groups is 1. The van der Waals surface area contributed by atoms with Crippen LogP contribution in [0.5, 0.6) is 0 Å². The molecular formula is C17H19N5. The molecule has 0 aliphatic carbocycles. The molecule has 1 heterocycles. The highest BCUT2D eigenvalue weighted by Crippen LogP contribution is 2.17. The van der Waals surface area contributed by atoms with Crippen LogP contribution < -0.4 is 10.3 Å². The number of para-hydroxylation sites is 2. The SMILES string of the molecule is CN(C)c1ccc(C=NNc2nc3ccccc3n2C)cc1. The van der Waals surface area contributed by atoms with Crippen molar-refractivity contribution in [2.75, 3.05) is 24.4 Å². The smallest absolute Gasteiger partial charge is 0.224 e. The van der Waals surface area contributed by atoms with E-state index < -0.39 is 0 Å². The minimum atomic E-state index is 0.724. The summed E-state index contributed by atoms with van der Waals surface area (Å²) < 4.78 is 1.99. The summed E-state index contributed by atoms with van der Waals surface area (Å²) in [4.78, 5) is 6.58. The fraction of sp³-hybridized carbons (Fsp3) is 0.176. The number of hydrogen-bond donors (Lipinski definition) is 1. The number of anilines is 2. The van der Waals surface area contributed by atoms with Gasteiger partial charge in [0, 0.05) is 26.8 Å². The summed E-state index contributed by atoms with van der Waals surface area (Å²) in [6.07, 6.45) is 1.79. The van der Waals surface area contributed by atoms with Gasteiger partial charge in [0.15, 0.2) is 0 Å². The molecule has 1 aromatic heterocycles. The van der Waals surface area contributed by atoms with Gasteiger partial charge in [0.25, 0.3) is 0 Å². The van der Waals surface area contributed by atoms with Crippen molar-refractivity contribution in [3.05, 3.63) is 54.1 Å². The highest BCUT2D eigenvalue weighted by molar-refractivity contribution is 5.82. The van der Waals surface area contributed by atoms with Crippen LogP contribution in [0, 0.1) is 0 Å². The van der Waals surface area contributed by atoms with E-state index in [4.69, 9.17) is 0 Å². The molecule has 5 nitrogen and oxygen atoms in total. The molecule has 0 saturated heterocycles. The van der Waals surface area contributed by atoms with E-state index in [1.54, 1.807) is 6.21 Å². The van der Waals surface area contributed by atoms with Crippen molar-refractivity contribution >= 4 is 28.9 Å². The Morgan fingerprint density at radius 2 is 1.82 bits per heavy atom. The fourth-order valence-electron chi connectivity index (χ4n) is 2.27. The number of rotatable bonds is 4. The maximum atomic E-state index is 4.51. The van der Waals surface area contributed by atoms with E-state index >= 15 is 0 Å². The van der Waals surface area contributed by atoms with E-state index in [1.165, 1.54) is 5.69 Å². The Labute approximate surface area is 129 Å². The maximum Gasteiger partial charge on any atom is 0.224 e. The molecule has 0 atom stereocenters. The van der Waals surface area contributed by atoms with Crippen molar-refractivity contribution in [3.63, 3.8) is 0 Å². The Hall–Kier alpha value is -2.82. The number of nitrogens with zero attached hydrogens (tertiary/aromatic N) is 4. The van der Waals surface area contributed by atoms with Gasteiger partial charge in [-0.3, -0.25) is 0 Å². The number of aryl methyl sites for hydroxylation is 1. The number of nitrogens with one attached hydrogen (secondary N) is 1. The van der Waals surface area contributed by atoms with Gasteiger partial charge in [-0.25, -0.2) is 10.4 Å². The van der Waals surface area contributed by atoms with Gasteiger partial charge in [0.05, 0.1) is 17.2 Å². The summed E-state index contributed by atoms with van der Waals surface area (Å²) >= 11 is 0. The lowest BCUT2D eigenvalue weighted by Crippen LogP contribution is -2.08. The molecule has 0 unspecified atom stereocenters. The van der Waals surface area contributed by atoms with E-state index in [2.05, 4.69) is 32.5 Å². The molecule has 5 heteroatoms. The van der Waals surface area contributed by atoms with Gasteiger partial charge in [-0.2, -0.15) is 5.10 Å². The molecule has 22 heavy (non-hydrogen) atoms. The Kier molecular flexibility index (Phi) is 3.78. The first-order valence-electron chi connectivity index (χ1n) is 7.13. The van der Waals surface area contributed by atoms with E-state index in [0.29, 0.717) is 0 Å². The Balaban J connectivity index is 1.74. The molecule has 3 rings (SSSR count). The monoisotopic (exact) mass is 293 g/mol. The first kappa shape index (κ1) is 14.1. The number of aromatic nitrogens is 2. The second kappa shape index (κ2) is 5.89. The molecule has 0 saturated carbocycles. The van der Waals surface area contributed by atoms with Crippen molar-refractivity contribution < 1.29 is 0 Å². The Morgan fingerprint density at radius 1 is 1.09 bits per heavy atom. The lowest BCUT2D eigenvalue weighted by atomic mass is 10.2. The predicted octanol–water partition coefficient (Wildman–Crippen LogP) is 3.09. The Bertz CT molecular complexity index is 800. The highest BCUT2D eigenvalue weighted by Gasteiger charge is 2.05. The third-order valence-electron chi connectivity index (χ3n) is 3.57. The first-order chi connectivity index (χ1) is 10.6. The quantitative estimate of drug-likeness (QED) is 0.594. The molecule has 0 bridgehead atoms. The van der Waals surface area contributed by atoms with Crippen LogP contribution in [0.4, 0.5) is 11.6 Å². The molecule has 0 aliphatic heterocycles. The average Bonchev–Trinajstić information content (AvgIpc) is 2.85. The van der Waals surface area contributed by atoms with Crippen LogP contribution in [0.15, 0.2) is 53.6 Å². The van der Waals surface area contributed by atoms with Crippen LogP contribution in [-0.2, 0) is 7.05 Å². The predicted molar refractivity (Wildman–Crippen MR) is 92.7 cm³/mol. The summed E-state index contributed by atoms with van der Waals surface area (Å²) in [7, 11) is 6.02. The topological polar surface area (TPSA) is 45.4 Å². The van der Waals surface area contributed by atoms with Gasteiger partial charge in [-0.15, -0.1) is 0 Å². The van der Waals surface area contributed by atoms with Crippen LogP contribution in [0.2, 0.25) is 0 Å². The maximum absolute atomic E-state index is 4.51. The van der Waals surface area contributed by atoms with Gasteiger partial charge < -0.3 is 9.47 Å². The lowest BCUT2D eigenvalue weighted by molar-refractivity contribution is 0.943. The minimum Gasteiger partial charge on any atom is -0.378 e. The van der Waals surface area contributed by atoms with Crippen LogP contribution >= 0.6 is 0 Å². The minimum absolute atomic E-state index is 0.724. The second-order valence-corrected chi connectivity index (χ2v) is 5.34. The highest BCUT2D eigenvalue weighted by atomic mass is 15.4. The van der Waals surface area contributed by atoms with Crippen molar-refractivity contribution in [1.29, 1.82) is 0 Å². The molecular weight excluding hydrogens is 274 g/mol. The van der Waals surface area contributed by atoms with Gasteiger partial charge in [0.2, 0.25) is 5.95 Å². The van der Waals surface area contributed by atoms with E-state index in [1.807, 2.05) is 62.1 Å². The zero-order valence-corrected chi connectivity index (χ0v) is 13.0. The summed E-state index contributed by atoms with van der Waals surface area (Å²) in [5.41, 5.74) is 7.24. The molecule has 0 amide bonds. The zero-order chi connectivity index (χ0) is 15.5. The van der Waals surface area contributed by atoms with Gasteiger partial charge in [-0.1, -0.05) is 24.3 Å². The van der Waals surface area contributed by atoms with Crippen molar-refractivity contribution in [1.82, 2.24) is 9.55 Å². The zero-order valence-electron chi connectivity index (χ0n) is 13.0. The molecule has 112 valence electrons. The van der Waals surface area contributed by atoms with Gasteiger partial charge >= 0.3 is 0 Å². The normalized spacial score (nSPS) is 11.2. The molecule has 1 N–H and O–H groups in total. The van der Waals surface area contributed by atoms with Crippen molar-refractivity contribution in [2.24, 2.45) is 12.1 Å². The van der Waals surface area contributed by atoms with Crippen LogP contribution in [0.25, 0.3) is 11.0 Å². The molecule has 3 aromatic rings. The number of benzene rings is 2. The van der Waals surface area contributed by atoms with Crippen LogP contribution in [-0.4, -0.2) is 29.9 Å². The summed E-state index contributed by atoms with van der Waals surface area (Å²) in [5, 5.41) is 4.27. The van der Waals surface area contributed by atoms with Crippen LogP contribution in [0.3, 0.4) is 0 Å². The molecule has 0 aliphatic rings. The Morgan fingerprint density at radius 3 is 2.50 bits per heavy atom. The summed E-state index contributed by atoms with van der Waals surface area (Å²) in [5.74, 6) is 0.724. The second-order valence-electron chi connectivity index (χ2n) is 5.34. The number of imidazole rings is 1. The summed E-state index contributed by atoms with van der Waals surface area (Å²) in [6.45, 7) is 0. The van der Waals surface area contributed by atoms with Gasteiger partial charge in [0.1, 0.15) is 0 Å². The van der Waals surface area contributed by atoms with Crippen LogP contribution in [0.1, 0.15) is 5.56 Å². The number of hydrogen-bond acceptors (Lipinski definition) is 4. The average molecular weight is 293 g/mol. The first-order valence-corrected chi connectivity index (χ1v) is 7.13. The third kappa shape index (κ3) is 2.79. The van der Waals surface area contributed by atoms with Crippen molar-refractivity contribution in [3.8, 4) is 0 Å². The van der Waals surface area contributed by atoms with Gasteiger partial charge in [-0.05, 0) is 29.8 Å². The standard InChI is InChI=1S/C17H19N5/c1-21(2)14-10-8-13(9-11-14)12-18-20-17-19-15-6-4-5-7-16(15)22(17)3/h4-12H,1-3H3,(H,19,20). The lowest BCUT2D eigenvalue weighted by Gasteiger charge is -2.11. The molecule has 0 fully saturated rings. The largest absolute Gasteiger partial charge is 0.378 e. The van der Waals surface area contributed by atoms with Crippen molar-refractivity contribution in [2.45, 2.75) is 0 Å². The molecule has 0 spiro atoms. The summed E-state index contributed by atoms with van der Waals surface area (Å²) in [6, 6.07) is 16.2. The third-order valence-corrected chi connectivity index (χ3v) is 3.57. The molecule has 2 aromatic carbocycles. The van der Waals surface area contributed by atoms with E-state index in [0.717, 1.165) is 22.5 Å². The van der Waals surface area contributed by atoms with E-state index in [-0.39, 0.29) is 0 Å².